The first kappa shape index (κ1) is 11.3. The van der Waals surface area contributed by atoms with Crippen molar-refractivity contribution in [2.45, 2.75) is 20.0 Å². The summed E-state index contributed by atoms with van der Waals surface area (Å²) in [4.78, 5) is 31.8. The number of ether oxygens (including phenoxy) is 1. The Labute approximate surface area is 97.0 Å². The number of carbonyl (C=O) groups excluding carboxylic acids is 1. The monoisotopic (exact) mass is 237 g/mol. The van der Waals surface area contributed by atoms with Crippen LogP contribution in [0, 0.1) is 6.92 Å². The van der Waals surface area contributed by atoms with Gasteiger partial charge in [-0.1, -0.05) is 0 Å². The third kappa shape index (κ3) is 1.91. The highest BCUT2D eigenvalue weighted by Crippen LogP contribution is 2.24. The smallest absolute Gasteiger partial charge is 0.410 e. The summed E-state index contributed by atoms with van der Waals surface area (Å²) in [7, 11) is 1.28. The Bertz CT molecular complexity index is 501. The number of aryl methyl sites for hydroxylation is 1. The van der Waals surface area contributed by atoms with E-state index in [4.69, 9.17) is 5.11 Å². The van der Waals surface area contributed by atoms with E-state index in [1.54, 1.807) is 6.92 Å². The van der Waals surface area contributed by atoms with Crippen LogP contribution in [0.3, 0.4) is 0 Å². The lowest BCUT2D eigenvalue weighted by Gasteiger charge is -2.12. The Morgan fingerprint density at radius 3 is 2.65 bits per heavy atom. The van der Waals surface area contributed by atoms with E-state index in [9.17, 15) is 9.59 Å². The molecule has 2 rings (SSSR count). The van der Waals surface area contributed by atoms with Crippen molar-refractivity contribution in [1.29, 1.82) is 0 Å². The van der Waals surface area contributed by atoms with Gasteiger partial charge in [0.2, 0.25) is 0 Å². The minimum absolute atomic E-state index is 0.0427. The number of rotatable bonds is 1. The van der Waals surface area contributed by atoms with E-state index < -0.39 is 12.1 Å². The van der Waals surface area contributed by atoms with Gasteiger partial charge < -0.3 is 9.84 Å². The van der Waals surface area contributed by atoms with Gasteiger partial charge in [-0.3, -0.25) is 4.90 Å². The number of carboxylic acids is 1. The van der Waals surface area contributed by atoms with Crippen LogP contribution < -0.4 is 0 Å². The van der Waals surface area contributed by atoms with Gasteiger partial charge in [0, 0.05) is 5.56 Å². The number of fused-ring (bicyclic) bond motifs is 1. The Hall–Kier alpha value is -2.18. The molecule has 0 spiro atoms. The van der Waals surface area contributed by atoms with Crippen LogP contribution >= 0.6 is 0 Å². The second kappa shape index (κ2) is 4.00. The van der Waals surface area contributed by atoms with Crippen LogP contribution in [0.4, 0.5) is 4.79 Å². The van der Waals surface area contributed by atoms with Crippen LogP contribution in [0.25, 0.3) is 0 Å². The molecule has 2 heterocycles. The predicted octanol–water partition coefficient (Wildman–Crippen LogP) is 0.565. The molecule has 1 amide bonds. The first-order valence-electron chi connectivity index (χ1n) is 4.95. The normalized spacial score (nSPS) is 13.4. The minimum atomic E-state index is -1.11. The molecule has 0 unspecified atom stereocenters. The Morgan fingerprint density at radius 2 is 2.06 bits per heavy atom. The van der Waals surface area contributed by atoms with Crippen molar-refractivity contribution in [3.8, 4) is 0 Å². The van der Waals surface area contributed by atoms with Gasteiger partial charge in [0.1, 0.15) is 5.82 Å². The van der Waals surface area contributed by atoms with Gasteiger partial charge in [-0.25, -0.2) is 19.6 Å². The molecule has 1 aliphatic heterocycles. The molecule has 1 aromatic rings. The van der Waals surface area contributed by atoms with Gasteiger partial charge in [-0.2, -0.15) is 0 Å². The second-order valence-corrected chi connectivity index (χ2v) is 3.68. The quantitative estimate of drug-likeness (QED) is 0.767. The number of aromatic nitrogens is 2. The number of carboxylic acid groups (broad SMARTS) is 1. The largest absolute Gasteiger partial charge is 0.476 e. The summed E-state index contributed by atoms with van der Waals surface area (Å²) in [5.41, 5.74) is 1.01. The summed E-state index contributed by atoms with van der Waals surface area (Å²) >= 11 is 0. The lowest BCUT2D eigenvalue weighted by molar-refractivity contribution is 0.0687. The molecule has 1 aliphatic rings. The number of carbonyl (C=O) groups is 2. The molecule has 1 N–H and O–H groups in total. The summed E-state index contributed by atoms with van der Waals surface area (Å²) in [6.45, 7) is 2.04. The first-order valence-corrected chi connectivity index (χ1v) is 4.95. The molecule has 0 atom stereocenters. The number of hydrogen-bond donors (Lipinski definition) is 1. The molecule has 1 aromatic heterocycles. The SMILES string of the molecule is COC(=O)N1Cc2nc(C)nc(C(=O)O)c2C1. The highest BCUT2D eigenvalue weighted by Gasteiger charge is 2.30. The van der Waals surface area contributed by atoms with E-state index in [0.717, 1.165) is 0 Å². The summed E-state index contributed by atoms with van der Waals surface area (Å²) in [5.74, 6) is -0.730. The molecule has 7 heteroatoms. The maximum Gasteiger partial charge on any atom is 0.410 e. The zero-order valence-electron chi connectivity index (χ0n) is 9.43. The predicted molar refractivity (Wildman–Crippen MR) is 55.4 cm³/mol. The number of methoxy groups -OCH3 is 1. The van der Waals surface area contributed by atoms with E-state index in [0.29, 0.717) is 17.1 Å². The zero-order valence-corrected chi connectivity index (χ0v) is 9.43. The Balaban J connectivity index is 2.40. The number of hydrogen-bond acceptors (Lipinski definition) is 5. The molecule has 0 saturated heterocycles. The van der Waals surface area contributed by atoms with Crippen molar-refractivity contribution in [3.05, 3.63) is 22.8 Å². The summed E-state index contributed by atoms with van der Waals surface area (Å²) in [5, 5.41) is 9.03. The van der Waals surface area contributed by atoms with E-state index in [-0.39, 0.29) is 18.8 Å². The van der Waals surface area contributed by atoms with Crippen molar-refractivity contribution in [2.24, 2.45) is 0 Å². The van der Waals surface area contributed by atoms with Crippen LogP contribution in [-0.2, 0) is 17.8 Å². The van der Waals surface area contributed by atoms with Gasteiger partial charge in [-0.05, 0) is 6.92 Å². The molecule has 0 fully saturated rings. The molecule has 17 heavy (non-hydrogen) atoms. The molecular weight excluding hydrogens is 226 g/mol. The van der Waals surface area contributed by atoms with Gasteiger partial charge in [-0.15, -0.1) is 0 Å². The molecule has 90 valence electrons. The lowest BCUT2D eigenvalue weighted by atomic mass is 10.2. The minimum Gasteiger partial charge on any atom is -0.476 e. The van der Waals surface area contributed by atoms with E-state index in [1.807, 2.05) is 0 Å². The third-order valence-corrected chi connectivity index (χ3v) is 2.53. The lowest BCUT2D eigenvalue weighted by Crippen LogP contribution is -2.25. The van der Waals surface area contributed by atoms with Crippen molar-refractivity contribution >= 4 is 12.1 Å². The number of amides is 1. The zero-order chi connectivity index (χ0) is 12.6. The second-order valence-electron chi connectivity index (χ2n) is 3.68. The van der Waals surface area contributed by atoms with E-state index in [1.165, 1.54) is 12.0 Å². The van der Waals surface area contributed by atoms with Crippen molar-refractivity contribution in [1.82, 2.24) is 14.9 Å². The maximum atomic E-state index is 11.4. The molecule has 0 aliphatic carbocycles. The average Bonchev–Trinajstić information content (AvgIpc) is 2.69. The Morgan fingerprint density at radius 1 is 1.35 bits per heavy atom. The maximum absolute atomic E-state index is 11.4. The fraction of sp³-hybridized carbons (Fsp3) is 0.400. The Kier molecular flexibility index (Phi) is 2.66. The number of aromatic carboxylic acids is 1. The summed E-state index contributed by atoms with van der Waals surface area (Å²) < 4.78 is 4.59. The first-order chi connectivity index (χ1) is 8.02. The summed E-state index contributed by atoms with van der Waals surface area (Å²) in [6.07, 6.45) is -0.503. The molecule has 7 nitrogen and oxygen atoms in total. The van der Waals surface area contributed by atoms with E-state index in [2.05, 4.69) is 14.7 Å². The molecule has 0 bridgehead atoms. The third-order valence-electron chi connectivity index (χ3n) is 2.53. The highest BCUT2D eigenvalue weighted by atomic mass is 16.5. The van der Waals surface area contributed by atoms with Gasteiger partial charge >= 0.3 is 12.1 Å². The van der Waals surface area contributed by atoms with Gasteiger partial charge in [0.05, 0.1) is 25.9 Å². The summed E-state index contributed by atoms with van der Waals surface area (Å²) in [6, 6.07) is 0. The van der Waals surface area contributed by atoms with Crippen molar-refractivity contribution < 1.29 is 19.4 Å². The highest BCUT2D eigenvalue weighted by molar-refractivity contribution is 5.87. The number of nitrogens with zero attached hydrogens (tertiary/aromatic N) is 3. The van der Waals surface area contributed by atoms with Crippen molar-refractivity contribution in [3.63, 3.8) is 0 Å². The molecule has 0 radical (unpaired) electrons. The molecular formula is C10H11N3O4. The average molecular weight is 237 g/mol. The van der Waals surface area contributed by atoms with Gasteiger partial charge in [0.25, 0.3) is 0 Å². The molecule has 0 aromatic carbocycles. The van der Waals surface area contributed by atoms with E-state index >= 15 is 0 Å². The van der Waals surface area contributed by atoms with Crippen LogP contribution in [0.1, 0.15) is 27.6 Å². The van der Waals surface area contributed by atoms with Gasteiger partial charge in [0.15, 0.2) is 5.69 Å². The van der Waals surface area contributed by atoms with Crippen LogP contribution in [0.2, 0.25) is 0 Å². The van der Waals surface area contributed by atoms with Crippen LogP contribution in [0.5, 0.6) is 0 Å². The topological polar surface area (TPSA) is 92.6 Å². The van der Waals surface area contributed by atoms with Crippen LogP contribution in [-0.4, -0.2) is 39.1 Å². The van der Waals surface area contributed by atoms with Crippen molar-refractivity contribution in [2.75, 3.05) is 7.11 Å². The standard InChI is InChI=1S/C10H11N3O4/c1-5-11-7-4-13(10(16)17-2)3-6(7)8(12-5)9(14)15/h3-4H2,1-2H3,(H,14,15). The fourth-order valence-corrected chi connectivity index (χ4v) is 1.81. The van der Waals surface area contributed by atoms with Crippen LogP contribution in [0.15, 0.2) is 0 Å². The fourth-order valence-electron chi connectivity index (χ4n) is 1.81. The molecule has 0 saturated carbocycles.